The summed E-state index contributed by atoms with van der Waals surface area (Å²) in [4.78, 5) is 23.2. The van der Waals surface area contributed by atoms with Crippen LogP contribution in [-0.4, -0.2) is 22.7 Å². The summed E-state index contributed by atoms with van der Waals surface area (Å²) in [6, 6.07) is 12.6. The van der Waals surface area contributed by atoms with Gasteiger partial charge in [-0.05, 0) is 36.4 Å². The molecule has 0 saturated carbocycles. The molecule has 2 aromatic carbocycles. The average molecular weight is 355 g/mol. The highest BCUT2D eigenvalue weighted by molar-refractivity contribution is 5.97. The lowest BCUT2D eigenvalue weighted by atomic mass is 10.0. The summed E-state index contributed by atoms with van der Waals surface area (Å²) in [6.07, 6.45) is 0. The largest absolute Gasteiger partial charge is 0.443 e. The fourth-order valence-corrected chi connectivity index (χ4v) is 2.77. The number of hydrogen-bond acceptors (Lipinski definition) is 4. The van der Waals surface area contributed by atoms with Gasteiger partial charge < -0.3 is 10.1 Å². The molecule has 1 aliphatic rings. The van der Waals surface area contributed by atoms with E-state index in [2.05, 4.69) is 10.4 Å². The summed E-state index contributed by atoms with van der Waals surface area (Å²) < 4.78 is 19.2. The molecule has 26 heavy (non-hydrogen) atoms. The first-order valence-electron chi connectivity index (χ1n) is 8.02. The first-order chi connectivity index (χ1) is 12.3. The van der Waals surface area contributed by atoms with Crippen LogP contribution in [0.5, 0.6) is 0 Å². The minimum atomic E-state index is -1.18. The summed E-state index contributed by atoms with van der Waals surface area (Å²) >= 11 is 0. The standard InChI is InChI=1S/C19H18FN3O3/c1-12(24)21-17-10-4-14(5-11-17)18-22-23(13(2)25)19(3,26-18)15-6-8-16(20)9-7-15/h4-11H,1-3H3,(H,21,24)/t19-/m1/s1. The summed E-state index contributed by atoms with van der Waals surface area (Å²) in [6.45, 7) is 4.51. The van der Waals surface area contributed by atoms with Crippen LogP contribution in [0.3, 0.4) is 0 Å². The molecule has 1 heterocycles. The maximum atomic E-state index is 13.2. The molecule has 1 atom stereocenters. The zero-order chi connectivity index (χ0) is 18.9. The van der Waals surface area contributed by atoms with Crippen LogP contribution < -0.4 is 5.32 Å². The number of carbonyl (C=O) groups is 2. The molecular formula is C19H18FN3O3. The molecule has 0 spiro atoms. The Hall–Kier alpha value is -3.22. The molecule has 0 aromatic heterocycles. The van der Waals surface area contributed by atoms with E-state index in [9.17, 15) is 14.0 Å². The maximum absolute atomic E-state index is 13.2. The third kappa shape index (κ3) is 3.28. The maximum Gasteiger partial charge on any atom is 0.243 e. The van der Waals surface area contributed by atoms with Gasteiger partial charge in [-0.1, -0.05) is 12.1 Å². The number of ether oxygens (including phenoxy) is 1. The Morgan fingerprint density at radius 2 is 1.69 bits per heavy atom. The Balaban J connectivity index is 1.92. The van der Waals surface area contributed by atoms with E-state index in [-0.39, 0.29) is 23.5 Å². The van der Waals surface area contributed by atoms with Crippen molar-refractivity contribution in [3.8, 4) is 0 Å². The molecule has 0 bridgehead atoms. The van der Waals surface area contributed by atoms with Crippen LogP contribution in [0, 0.1) is 5.82 Å². The molecule has 1 N–H and O–H groups in total. The second-order valence-corrected chi connectivity index (χ2v) is 6.09. The molecule has 2 aromatic rings. The first kappa shape index (κ1) is 17.6. The van der Waals surface area contributed by atoms with Gasteiger partial charge in [0.2, 0.25) is 23.4 Å². The van der Waals surface area contributed by atoms with Crippen molar-refractivity contribution in [1.29, 1.82) is 0 Å². The van der Waals surface area contributed by atoms with Crippen LogP contribution in [0.4, 0.5) is 10.1 Å². The number of rotatable bonds is 3. The number of hydrogen-bond donors (Lipinski definition) is 1. The van der Waals surface area contributed by atoms with E-state index in [1.54, 1.807) is 43.3 Å². The van der Waals surface area contributed by atoms with Crippen molar-refractivity contribution in [3.05, 3.63) is 65.5 Å². The van der Waals surface area contributed by atoms with Crippen LogP contribution in [0.15, 0.2) is 53.6 Å². The van der Waals surface area contributed by atoms with Gasteiger partial charge in [-0.3, -0.25) is 9.59 Å². The van der Waals surface area contributed by atoms with Gasteiger partial charge in [0.15, 0.2) is 0 Å². The van der Waals surface area contributed by atoms with Crippen LogP contribution in [0.25, 0.3) is 0 Å². The zero-order valence-electron chi connectivity index (χ0n) is 14.6. The smallest absolute Gasteiger partial charge is 0.243 e. The Kier molecular flexibility index (Phi) is 4.46. The van der Waals surface area contributed by atoms with Gasteiger partial charge in [-0.25, -0.2) is 4.39 Å². The van der Waals surface area contributed by atoms with E-state index in [0.717, 1.165) is 0 Å². The Bertz CT molecular complexity index is 878. The highest BCUT2D eigenvalue weighted by atomic mass is 19.1. The topological polar surface area (TPSA) is 71.0 Å². The number of carbonyl (C=O) groups excluding carboxylic acids is 2. The molecule has 134 valence electrons. The molecule has 3 rings (SSSR count). The molecule has 0 unspecified atom stereocenters. The Labute approximate surface area is 150 Å². The average Bonchev–Trinajstić information content (AvgIpc) is 2.95. The second-order valence-electron chi connectivity index (χ2n) is 6.09. The predicted octanol–water partition coefficient (Wildman–Crippen LogP) is 3.20. The Morgan fingerprint density at radius 3 is 2.23 bits per heavy atom. The lowest BCUT2D eigenvalue weighted by Gasteiger charge is -2.31. The molecule has 0 saturated heterocycles. The van der Waals surface area contributed by atoms with Gasteiger partial charge in [0, 0.05) is 37.6 Å². The number of benzene rings is 2. The van der Waals surface area contributed by atoms with Crippen LogP contribution in [-0.2, 0) is 20.1 Å². The lowest BCUT2D eigenvalue weighted by molar-refractivity contribution is -0.146. The number of halogens is 1. The van der Waals surface area contributed by atoms with Gasteiger partial charge in [0.1, 0.15) is 5.82 Å². The fraction of sp³-hybridized carbons (Fsp3) is 0.211. The number of nitrogens with zero attached hydrogens (tertiary/aromatic N) is 2. The summed E-state index contributed by atoms with van der Waals surface area (Å²) in [5.74, 6) is -0.582. The first-order valence-corrected chi connectivity index (χ1v) is 8.02. The molecule has 0 fully saturated rings. The summed E-state index contributed by atoms with van der Waals surface area (Å²) in [7, 11) is 0. The SMILES string of the molecule is CC(=O)Nc1ccc(C2=NN(C(C)=O)[C@@](C)(c3ccc(F)cc3)O2)cc1. The van der Waals surface area contributed by atoms with Crippen molar-refractivity contribution in [2.45, 2.75) is 26.5 Å². The van der Waals surface area contributed by atoms with Crippen molar-refractivity contribution >= 4 is 23.4 Å². The lowest BCUT2D eigenvalue weighted by Crippen LogP contribution is -2.41. The number of anilines is 1. The molecule has 7 heteroatoms. The number of nitrogens with one attached hydrogen (secondary N) is 1. The number of hydrazone groups is 1. The van der Waals surface area contributed by atoms with Crippen LogP contribution in [0.1, 0.15) is 31.9 Å². The molecule has 2 amide bonds. The summed E-state index contributed by atoms with van der Waals surface area (Å²) in [5, 5.41) is 8.21. The zero-order valence-corrected chi connectivity index (χ0v) is 14.6. The van der Waals surface area contributed by atoms with Gasteiger partial charge in [-0.2, -0.15) is 5.01 Å². The normalized spacial score (nSPS) is 18.9. The number of amides is 2. The Morgan fingerprint density at radius 1 is 1.08 bits per heavy atom. The highest BCUT2D eigenvalue weighted by Gasteiger charge is 2.44. The van der Waals surface area contributed by atoms with Crippen molar-refractivity contribution in [3.63, 3.8) is 0 Å². The molecule has 0 aliphatic carbocycles. The summed E-state index contributed by atoms with van der Waals surface area (Å²) in [5.41, 5.74) is 0.717. The van der Waals surface area contributed by atoms with Crippen molar-refractivity contribution < 1.29 is 18.7 Å². The monoisotopic (exact) mass is 355 g/mol. The molecule has 1 aliphatic heterocycles. The molecule has 6 nitrogen and oxygen atoms in total. The minimum absolute atomic E-state index is 0.168. The third-order valence-electron chi connectivity index (χ3n) is 4.02. The van der Waals surface area contributed by atoms with Crippen molar-refractivity contribution in [2.24, 2.45) is 5.10 Å². The van der Waals surface area contributed by atoms with Crippen molar-refractivity contribution in [1.82, 2.24) is 5.01 Å². The van der Waals surface area contributed by atoms with Gasteiger partial charge in [0.05, 0.1) is 0 Å². The highest BCUT2D eigenvalue weighted by Crippen LogP contribution is 2.36. The van der Waals surface area contributed by atoms with E-state index in [4.69, 9.17) is 4.74 Å². The van der Waals surface area contributed by atoms with Crippen LogP contribution >= 0.6 is 0 Å². The second kappa shape index (κ2) is 6.59. The predicted molar refractivity (Wildman–Crippen MR) is 94.6 cm³/mol. The van der Waals surface area contributed by atoms with E-state index in [1.807, 2.05) is 0 Å². The fourth-order valence-electron chi connectivity index (χ4n) is 2.77. The van der Waals surface area contributed by atoms with E-state index in [0.29, 0.717) is 16.8 Å². The van der Waals surface area contributed by atoms with Crippen LogP contribution in [0.2, 0.25) is 0 Å². The van der Waals surface area contributed by atoms with Gasteiger partial charge in [-0.15, -0.1) is 5.10 Å². The van der Waals surface area contributed by atoms with E-state index in [1.165, 1.54) is 31.0 Å². The van der Waals surface area contributed by atoms with E-state index >= 15 is 0 Å². The minimum Gasteiger partial charge on any atom is -0.443 e. The quantitative estimate of drug-likeness (QED) is 0.919. The molecule has 0 radical (unpaired) electrons. The third-order valence-corrected chi connectivity index (χ3v) is 4.02. The van der Waals surface area contributed by atoms with Crippen molar-refractivity contribution in [2.75, 3.05) is 5.32 Å². The molecular weight excluding hydrogens is 337 g/mol. The van der Waals surface area contributed by atoms with Gasteiger partial charge in [0.25, 0.3) is 0 Å². The van der Waals surface area contributed by atoms with Gasteiger partial charge >= 0.3 is 0 Å². The van der Waals surface area contributed by atoms with E-state index < -0.39 is 5.72 Å².